The Labute approximate surface area is 120 Å². The molecule has 0 bridgehead atoms. The van der Waals surface area contributed by atoms with Gasteiger partial charge < -0.3 is 5.32 Å². The minimum absolute atomic E-state index is 0.0551. The summed E-state index contributed by atoms with van der Waals surface area (Å²) in [5.41, 5.74) is 0.871. The van der Waals surface area contributed by atoms with Gasteiger partial charge in [0.2, 0.25) is 0 Å². The predicted molar refractivity (Wildman–Crippen MR) is 79.5 cm³/mol. The van der Waals surface area contributed by atoms with Crippen molar-refractivity contribution in [1.82, 2.24) is 5.32 Å². The Kier molecular flexibility index (Phi) is 4.19. The number of carbonyl (C=O) groups excluding carboxylic acids is 1. The van der Waals surface area contributed by atoms with Gasteiger partial charge in [-0.1, -0.05) is 44.5 Å². The molecule has 3 heteroatoms. The summed E-state index contributed by atoms with van der Waals surface area (Å²) >= 11 is 6.06. The van der Waals surface area contributed by atoms with E-state index < -0.39 is 0 Å². The zero-order chi connectivity index (χ0) is 14.0. The maximum atomic E-state index is 12.3. The molecular weight excluding hydrogens is 258 g/mol. The molecule has 2 nitrogen and oxygen atoms in total. The van der Waals surface area contributed by atoms with E-state index >= 15 is 0 Å². The Hall–Kier alpha value is -1.02. The molecule has 0 radical (unpaired) electrons. The Bertz CT molecular complexity index is 470. The summed E-state index contributed by atoms with van der Waals surface area (Å²) in [5.74, 6) is 0.598. The highest BCUT2D eigenvalue weighted by atomic mass is 35.5. The first-order valence-corrected chi connectivity index (χ1v) is 7.30. The molecule has 104 valence electrons. The molecule has 0 aromatic heterocycles. The van der Waals surface area contributed by atoms with Gasteiger partial charge >= 0.3 is 0 Å². The van der Waals surface area contributed by atoms with E-state index in [1.807, 2.05) is 12.1 Å². The summed E-state index contributed by atoms with van der Waals surface area (Å²) in [6.45, 7) is 6.81. The Balaban J connectivity index is 2.05. The number of halogens is 1. The van der Waals surface area contributed by atoms with Crippen LogP contribution in [0.15, 0.2) is 24.3 Å². The zero-order valence-electron chi connectivity index (χ0n) is 11.9. The number of benzene rings is 1. The van der Waals surface area contributed by atoms with Crippen LogP contribution in [0.2, 0.25) is 5.02 Å². The van der Waals surface area contributed by atoms with Crippen LogP contribution in [0.1, 0.15) is 50.4 Å². The predicted octanol–water partition coefficient (Wildman–Crippen LogP) is 4.28. The zero-order valence-corrected chi connectivity index (χ0v) is 12.6. The lowest BCUT2D eigenvalue weighted by Gasteiger charge is -2.39. The van der Waals surface area contributed by atoms with Crippen molar-refractivity contribution < 1.29 is 4.79 Å². The van der Waals surface area contributed by atoms with E-state index in [2.05, 4.69) is 26.1 Å². The third-order valence-electron chi connectivity index (χ3n) is 3.84. The first kappa shape index (κ1) is 14.4. The van der Waals surface area contributed by atoms with Crippen LogP contribution in [0, 0.1) is 11.3 Å². The number of hydrogen-bond acceptors (Lipinski definition) is 1. The van der Waals surface area contributed by atoms with Crippen molar-refractivity contribution in [3.8, 4) is 0 Å². The monoisotopic (exact) mass is 279 g/mol. The lowest BCUT2D eigenvalue weighted by Crippen LogP contribution is -2.43. The van der Waals surface area contributed by atoms with Crippen LogP contribution in [0.5, 0.6) is 0 Å². The van der Waals surface area contributed by atoms with Crippen LogP contribution >= 0.6 is 11.6 Å². The highest BCUT2D eigenvalue weighted by molar-refractivity contribution is 6.33. The van der Waals surface area contributed by atoms with E-state index in [1.54, 1.807) is 12.1 Å². The minimum Gasteiger partial charge on any atom is -0.349 e. The highest BCUT2D eigenvalue weighted by Crippen LogP contribution is 2.38. The Morgan fingerprint density at radius 1 is 1.32 bits per heavy atom. The molecule has 1 aliphatic carbocycles. The van der Waals surface area contributed by atoms with Crippen LogP contribution in [0.25, 0.3) is 0 Å². The van der Waals surface area contributed by atoms with Crippen LogP contribution in [-0.4, -0.2) is 11.9 Å². The normalized spacial score (nSPS) is 25.9. The van der Waals surface area contributed by atoms with Crippen molar-refractivity contribution >= 4 is 17.5 Å². The molecule has 1 aromatic carbocycles. The SMILES string of the molecule is CC1CC(NC(=O)c2ccccc2Cl)CC(C)(C)C1. The molecule has 19 heavy (non-hydrogen) atoms. The van der Waals surface area contributed by atoms with E-state index in [-0.39, 0.29) is 11.9 Å². The average molecular weight is 280 g/mol. The molecule has 0 spiro atoms. The fourth-order valence-corrected chi connectivity index (χ4v) is 3.59. The lowest BCUT2D eigenvalue weighted by atomic mass is 9.70. The maximum absolute atomic E-state index is 12.3. The maximum Gasteiger partial charge on any atom is 0.253 e. The van der Waals surface area contributed by atoms with Crippen LogP contribution in [0.3, 0.4) is 0 Å². The van der Waals surface area contributed by atoms with Crippen molar-refractivity contribution in [2.45, 2.75) is 46.1 Å². The number of hydrogen-bond donors (Lipinski definition) is 1. The molecule has 2 rings (SSSR count). The second-order valence-corrected chi connectivity index (χ2v) is 6.97. The number of nitrogens with one attached hydrogen (secondary N) is 1. The van der Waals surface area contributed by atoms with Gasteiger partial charge in [-0.3, -0.25) is 4.79 Å². The summed E-state index contributed by atoms with van der Waals surface area (Å²) in [5, 5.41) is 3.66. The Morgan fingerprint density at radius 3 is 2.63 bits per heavy atom. The third-order valence-corrected chi connectivity index (χ3v) is 4.17. The topological polar surface area (TPSA) is 29.1 Å². The summed E-state index contributed by atoms with van der Waals surface area (Å²) < 4.78 is 0. The van der Waals surface area contributed by atoms with E-state index in [9.17, 15) is 4.79 Å². The quantitative estimate of drug-likeness (QED) is 0.860. The average Bonchev–Trinajstić information content (AvgIpc) is 2.26. The number of amides is 1. The molecule has 1 saturated carbocycles. The molecule has 1 N–H and O–H groups in total. The van der Waals surface area contributed by atoms with Gasteiger partial charge in [0.05, 0.1) is 10.6 Å². The number of carbonyl (C=O) groups is 1. The molecule has 0 aliphatic heterocycles. The van der Waals surface area contributed by atoms with Gasteiger partial charge in [0.1, 0.15) is 0 Å². The summed E-state index contributed by atoms with van der Waals surface area (Å²) in [6, 6.07) is 7.46. The molecular formula is C16H22ClNO. The van der Waals surface area contributed by atoms with Gasteiger partial charge in [-0.15, -0.1) is 0 Å². The molecule has 0 heterocycles. The van der Waals surface area contributed by atoms with Gasteiger partial charge in [0, 0.05) is 6.04 Å². The van der Waals surface area contributed by atoms with E-state index in [4.69, 9.17) is 11.6 Å². The van der Waals surface area contributed by atoms with Gasteiger partial charge in [-0.05, 0) is 42.7 Å². The van der Waals surface area contributed by atoms with Crippen molar-refractivity contribution in [1.29, 1.82) is 0 Å². The van der Waals surface area contributed by atoms with Gasteiger partial charge in [-0.2, -0.15) is 0 Å². The van der Waals surface area contributed by atoms with Crippen LogP contribution in [-0.2, 0) is 0 Å². The van der Waals surface area contributed by atoms with Crippen molar-refractivity contribution in [3.05, 3.63) is 34.9 Å². The van der Waals surface area contributed by atoms with Crippen LogP contribution < -0.4 is 5.32 Å². The Morgan fingerprint density at radius 2 is 2.00 bits per heavy atom. The highest BCUT2D eigenvalue weighted by Gasteiger charge is 2.32. The van der Waals surface area contributed by atoms with Crippen molar-refractivity contribution in [2.24, 2.45) is 11.3 Å². The number of rotatable bonds is 2. The molecule has 1 aliphatic rings. The fraction of sp³-hybridized carbons (Fsp3) is 0.562. The first-order valence-electron chi connectivity index (χ1n) is 6.93. The summed E-state index contributed by atoms with van der Waals surface area (Å²) in [7, 11) is 0. The molecule has 1 fully saturated rings. The van der Waals surface area contributed by atoms with Crippen LogP contribution in [0.4, 0.5) is 0 Å². The smallest absolute Gasteiger partial charge is 0.253 e. The summed E-state index contributed by atoms with van der Waals surface area (Å²) in [6.07, 6.45) is 3.32. The van der Waals surface area contributed by atoms with Gasteiger partial charge in [0.25, 0.3) is 5.91 Å². The molecule has 2 unspecified atom stereocenters. The van der Waals surface area contributed by atoms with E-state index in [0.29, 0.717) is 21.9 Å². The molecule has 1 amide bonds. The molecule has 2 atom stereocenters. The van der Waals surface area contributed by atoms with Crippen molar-refractivity contribution in [3.63, 3.8) is 0 Å². The fourth-order valence-electron chi connectivity index (χ4n) is 3.36. The summed E-state index contributed by atoms with van der Waals surface area (Å²) in [4.78, 5) is 12.3. The second kappa shape index (κ2) is 5.54. The first-order chi connectivity index (χ1) is 8.87. The van der Waals surface area contributed by atoms with Crippen molar-refractivity contribution in [2.75, 3.05) is 0 Å². The van der Waals surface area contributed by atoms with Gasteiger partial charge in [0.15, 0.2) is 0 Å². The largest absolute Gasteiger partial charge is 0.349 e. The van der Waals surface area contributed by atoms with Gasteiger partial charge in [-0.25, -0.2) is 0 Å². The lowest BCUT2D eigenvalue weighted by molar-refractivity contribution is 0.0874. The standard InChI is InChI=1S/C16H22ClNO/c1-11-8-12(10-16(2,3)9-11)18-15(19)13-6-4-5-7-14(13)17/h4-7,11-12H,8-10H2,1-3H3,(H,18,19). The second-order valence-electron chi connectivity index (χ2n) is 6.56. The minimum atomic E-state index is -0.0551. The van der Waals surface area contributed by atoms with E-state index in [0.717, 1.165) is 12.8 Å². The molecule has 0 saturated heterocycles. The third kappa shape index (κ3) is 3.73. The van der Waals surface area contributed by atoms with E-state index in [1.165, 1.54) is 6.42 Å². The molecule has 1 aromatic rings.